The largest absolute Gasteiger partial charge is 0.500 e. The molecule has 0 saturated heterocycles. The zero-order chi connectivity index (χ0) is 15.6. The Kier molecular flexibility index (Phi) is 4.56. The van der Waals surface area contributed by atoms with E-state index in [9.17, 15) is 9.70 Å². The normalized spacial score (nSPS) is 18.3. The van der Waals surface area contributed by atoms with Crippen molar-refractivity contribution in [2.45, 2.75) is 33.6 Å². The lowest BCUT2D eigenvalue weighted by Crippen LogP contribution is -2.12. The van der Waals surface area contributed by atoms with Crippen LogP contribution in [0.15, 0.2) is 23.1 Å². The van der Waals surface area contributed by atoms with Crippen molar-refractivity contribution in [1.29, 1.82) is 0 Å². The highest BCUT2D eigenvalue weighted by Crippen LogP contribution is 2.39. The van der Waals surface area contributed by atoms with Gasteiger partial charge in [0.25, 0.3) is 0 Å². The Bertz CT molecular complexity index is 593. The van der Waals surface area contributed by atoms with Gasteiger partial charge in [-0.15, -0.1) is 0 Å². The molecule has 1 aromatic rings. The van der Waals surface area contributed by atoms with Gasteiger partial charge in [-0.2, -0.15) is 4.91 Å². The maximum Gasteiger partial charge on any atom is 0.170 e. The van der Waals surface area contributed by atoms with Gasteiger partial charge >= 0.3 is 0 Å². The standard InChI is InChI=1S/C17H21NO3/c1-10-7-11(2)15(12(3)8-10)16-14(21-4)9-13(17(16)19)5-6-18-20/h7-8,13H,5-6,9H2,1-4H3. The van der Waals surface area contributed by atoms with Crippen LogP contribution in [0.5, 0.6) is 0 Å². The maximum absolute atomic E-state index is 12.7. The zero-order valence-electron chi connectivity index (χ0n) is 13.0. The molecule has 2 rings (SSSR count). The van der Waals surface area contributed by atoms with E-state index in [4.69, 9.17) is 4.74 Å². The molecular weight excluding hydrogens is 266 g/mol. The van der Waals surface area contributed by atoms with Crippen molar-refractivity contribution >= 4 is 11.4 Å². The van der Waals surface area contributed by atoms with Gasteiger partial charge in [0.1, 0.15) is 5.76 Å². The van der Waals surface area contributed by atoms with Gasteiger partial charge in [-0.05, 0) is 43.9 Å². The molecule has 1 aliphatic carbocycles. The summed E-state index contributed by atoms with van der Waals surface area (Å²) in [5.74, 6) is 0.615. The minimum absolute atomic E-state index is 0.0746. The van der Waals surface area contributed by atoms with Crippen molar-refractivity contribution in [3.63, 3.8) is 0 Å². The lowest BCUT2D eigenvalue weighted by Gasteiger charge is -2.13. The molecule has 0 radical (unpaired) electrons. The summed E-state index contributed by atoms with van der Waals surface area (Å²) in [4.78, 5) is 23.0. The molecule has 0 fully saturated rings. The van der Waals surface area contributed by atoms with Crippen LogP contribution in [0.3, 0.4) is 0 Å². The summed E-state index contributed by atoms with van der Waals surface area (Å²) >= 11 is 0. The lowest BCUT2D eigenvalue weighted by atomic mass is 9.90. The van der Waals surface area contributed by atoms with E-state index in [1.807, 2.05) is 20.8 Å². The number of hydrogen-bond acceptors (Lipinski definition) is 4. The van der Waals surface area contributed by atoms with Crippen LogP contribution in [0.1, 0.15) is 35.1 Å². The SMILES string of the molecule is COC1=C(c2c(C)cc(C)cc2C)C(=O)C(CCN=O)C1. The van der Waals surface area contributed by atoms with E-state index >= 15 is 0 Å². The summed E-state index contributed by atoms with van der Waals surface area (Å²) in [5.41, 5.74) is 5.01. The Morgan fingerprint density at radius 2 is 1.86 bits per heavy atom. The number of carbonyl (C=O) groups is 1. The second kappa shape index (κ2) is 6.20. The van der Waals surface area contributed by atoms with Gasteiger partial charge in [-0.1, -0.05) is 22.9 Å². The molecule has 0 heterocycles. The van der Waals surface area contributed by atoms with E-state index < -0.39 is 0 Å². The second-order valence-electron chi connectivity index (χ2n) is 5.68. The van der Waals surface area contributed by atoms with Gasteiger partial charge < -0.3 is 4.74 Å². The van der Waals surface area contributed by atoms with Gasteiger partial charge in [-0.3, -0.25) is 4.79 Å². The van der Waals surface area contributed by atoms with Gasteiger partial charge in [0.15, 0.2) is 5.78 Å². The van der Waals surface area contributed by atoms with Crippen molar-refractivity contribution in [2.75, 3.05) is 13.7 Å². The number of carbonyl (C=O) groups excluding carboxylic acids is 1. The van der Waals surface area contributed by atoms with Crippen LogP contribution in [0.2, 0.25) is 0 Å². The number of methoxy groups -OCH3 is 1. The molecule has 1 aromatic carbocycles. The predicted octanol–water partition coefficient (Wildman–Crippen LogP) is 3.71. The third-order valence-corrected chi connectivity index (χ3v) is 4.07. The van der Waals surface area contributed by atoms with Crippen LogP contribution in [0.25, 0.3) is 5.57 Å². The van der Waals surface area contributed by atoms with Crippen LogP contribution in [-0.2, 0) is 9.53 Å². The minimum Gasteiger partial charge on any atom is -0.500 e. The van der Waals surface area contributed by atoms with E-state index in [0.29, 0.717) is 18.4 Å². The number of nitrogens with zero attached hydrogens (tertiary/aromatic N) is 1. The van der Waals surface area contributed by atoms with Crippen molar-refractivity contribution in [2.24, 2.45) is 11.1 Å². The first kappa shape index (κ1) is 15.4. The fraction of sp³-hybridized carbons (Fsp3) is 0.471. The van der Waals surface area contributed by atoms with Crippen LogP contribution < -0.4 is 0 Å². The lowest BCUT2D eigenvalue weighted by molar-refractivity contribution is -0.116. The van der Waals surface area contributed by atoms with Gasteiger partial charge in [-0.25, -0.2) is 0 Å². The average Bonchev–Trinajstić information content (AvgIpc) is 2.73. The second-order valence-corrected chi connectivity index (χ2v) is 5.68. The number of benzene rings is 1. The number of Topliss-reactive ketones (excluding diaryl/α,β-unsaturated/α-hetero) is 1. The zero-order valence-corrected chi connectivity index (χ0v) is 13.0. The van der Waals surface area contributed by atoms with Crippen molar-refractivity contribution in [3.8, 4) is 0 Å². The first-order valence-corrected chi connectivity index (χ1v) is 7.18. The molecule has 1 unspecified atom stereocenters. The Balaban J connectivity index is 2.46. The van der Waals surface area contributed by atoms with Crippen LogP contribution in [0.4, 0.5) is 0 Å². The molecular formula is C17H21NO3. The van der Waals surface area contributed by atoms with Gasteiger partial charge in [0, 0.05) is 12.3 Å². The number of hydrogen-bond donors (Lipinski definition) is 0. The minimum atomic E-state index is -0.187. The number of aryl methyl sites for hydroxylation is 3. The summed E-state index contributed by atoms with van der Waals surface area (Å²) in [6, 6.07) is 4.16. The van der Waals surface area contributed by atoms with Crippen LogP contribution >= 0.6 is 0 Å². The highest BCUT2D eigenvalue weighted by atomic mass is 16.5. The number of ketones is 1. The predicted molar refractivity (Wildman–Crippen MR) is 83.0 cm³/mol. The first-order chi connectivity index (χ1) is 9.99. The Labute approximate surface area is 125 Å². The van der Waals surface area contributed by atoms with E-state index in [1.165, 1.54) is 5.56 Å². The van der Waals surface area contributed by atoms with E-state index in [1.54, 1.807) is 7.11 Å². The topological polar surface area (TPSA) is 55.7 Å². The quantitative estimate of drug-likeness (QED) is 0.776. The molecule has 0 aromatic heterocycles. The molecule has 0 amide bonds. The Morgan fingerprint density at radius 3 is 2.38 bits per heavy atom. The molecule has 4 nitrogen and oxygen atoms in total. The van der Waals surface area contributed by atoms with Crippen molar-refractivity contribution in [3.05, 3.63) is 45.1 Å². The summed E-state index contributed by atoms with van der Waals surface area (Å²) in [6.45, 7) is 6.25. The Hall–Kier alpha value is -1.97. The number of nitroso groups, excluding NO2 is 1. The Morgan fingerprint density at radius 1 is 1.24 bits per heavy atom. The summed E-state index contributed by atoms with van der Waals surface area (Å²) in [6.07, 6.45) is 1.05. The highest BCUT2D eigenvalue weighted by Gasteiger charge is 2.35. The van der Waals surface area contributed by atoms with Crippen molar-refractivity contribution in [1.82, 2.24) is 0 Å². The monoisotopic (exact) mass is 287 g/mol. The average molecular weight is 287 g/mol. The molecule has 0 spiro atoms. The molecule has 0 N–H and O–H groups in total. The number of rotatable bonds is 5. The van der Waals surface area contributed by atoms with E-state index in [0.717, 1.165) is 22.4 Å². The molecule has 112 valence electrons. The van der Waals surface area contributed by atoms with Gasteiger partial charge in [0.05, 0.1) is 19.2 Å². The van der Waals surface area contributed by atoms with Gasteiger partial charge in [0.2, 0.25) is 0 Å². The van der Waals surface area contributed by atoms with Crippen LogP contribution in [0, 0.1) is 31.6 Å². The first-order valence-electron chi connectivity index (χ1n) is 7.18. The molecule has 21 heavy (non-hydrogen) atoms. The third kappa shape index (κ3) is 2.89. The van der Waals surface area contributed by atoms with Crippen molar-refractivity contribution < 1.29 is 9.53 Å². The maximum atomic E-state index is 12.7. The summed E-state index contributed by atoms with van der Waals surface area (Å²) in [7, 11) is 1.60. The molecule has 4 heteroatoms. The summed E-state index contributed by atoms with van der Waals surface area (Å²) in [5, 5.41) is 2.87. The summed E-state index contributed by atoms with van der Waals surface area (Å²) < 4.78 is 5.45. The highest BCUT2D eigenvalue weighted by molar-refractivity contribution is 6.25. The third-order valence-electron chi connectivity index (χ3n) is 4.07. The van der Waals surface area contributed by atoms with E-state index in [-0.39, 0.29) is 18.2 Å². The molecule has 0 saturated carbocycles. The molecule has 1 atom stereocenters. The fourth-order valence-electron chi connectivity index (χ4n) is 3.22. The molecule has 0 bridgehead atoms. The molecule has 0 aliphatic heterocycles. The number of ether oxygens (including phenoxy) is 1. The number of allylic oxidation sites excluding steroid dienone is 2. The molecule has 1 aliphatic rings. The fourth-order valence-corrected chi connectivity index (χ4v) is 3.22. The smallest absolute Gasteiger partial charge is 0.170 e. The van der Waals surface area contributed by atoms with Crippen LogP contribution in [-0.4, -0.2) is 19.4 Å². The van der Waals surface area contributed by atoms with E-state index in [2.05, 4.69) is 17.3 Å².